The van der Waals surface area contributed by atoms with Crippen molar-refractivity contribution < 1.29 is 36.5 Å². The Morgan fingerprint density at radius 1 is 1.16 bits per heavy atom. The summed E-state index contributed by atoms with van der Waals surface area (Å²) in [4.78, 5) is 5.50. The quantitative estimate of drug-likeness (QED) is 0.660. The number of sulfonamides is 1. The topological polar surface area (TPSA) is 95.8 Å². The van der Waals surface area contributed by atoms with Gasteiger partial charge in [0.15, 0.2) is 5.69 Å². The van der Waals surface area contributed by atoms with Crippen molar-refractivity contribution in [2.75, 3.05) is 19.7 Å². The molecule has 0 saturated carbocycles. The van der Waals surface area contributed by atoms with E-state index in [4.69, 9.17) is 17.9 Å². The van der Waals surface area contributed by atoms with Crippen molar-refractivity contribution in [3.8, 4) is 5.75 Å². The molecule has 2 aromatic rings. The SMILES string of the molecule is [C-]#[N+]c1ccc(O[C@H]2CN(S(=O)(=O)c3ccc(C(F)(F)F)cc3[N+]#[C-])C[C@@]2(O)CO)cc1. The summed E-state index contributed by atoms with van der Waals surface area (Å²) in [6, 6.07) is 7.48. The molecule has 0 spiro atoms. The number of benzene rings is 2. The highest BCUT2D eigenvalue weighted by atomic mass is 32.2. The summed E-state index contributed by atoms with van der Waals surface area (Å²) in [7, 11) is -4.50. The highest BCUT2D eigenvalue weighted by Crippen LogP contribution is 2.38. The van der Waals surface area contributed by atoms with E-state index in [0.29, 0.717) is 23.9 Å². The maximum Gasteiger partial charge on any atom is 0.415 e. The van der Waals surface area contributed by atoms with Crippen molar-refractivity contribution in [1.29, 1.82) is 0 Å². The minimum absolute atomic E-state index is 0.213. The van der Waals surface area contributed by atoms with Crippen molar-refractivity contribution in [1.82, 2.24) is 4.31 Å². The molecule has 2 N–H and O–H groups in total. The van der Waals surface area contributed by atoms with Gasteiger partial charge in [0.1, 0.15) is 17.5 Å². The van der Waals surface area contributed by atoms with Gasteiger partial charge in [0.25, 0.3) is 0 Å². The van der Waals surface area contributed by atoms with Crippen LogP contribution in [0.2, 0.25) is 0 Å². The first-order chi connectivity index (χ1) is 14.9. The molecule has 1 fully saturated rings. The molecule has 3 rings (SSSR count). The highest BCUT2D eigenvalue weighted by Gasteiger charge is 2.51. The van der Waals surface area contributed by atoms with Crippen molar-refractivity contribution in [2.24, 2.45) is 0 Å². The Bertz CT molecular complexity index is 1200. The summed E-state index contributed by atoms with van der Waals surface area (Å²) in [5.41, 5.74) is -3.55. The zero-order valence-corrected chi connectivity index (χ0v) is 17.1. The Morgan fingerprint density at radius 3 is 2.34 bits per heavy atom. The van der Waals surface area contributed by atoms with E-state index in [-0.39, 0.29) is 5.75 Å². The van der Waals surface area contributed by atoms with Crippen LogP contribution in [0, 0.1) is 13.1 Å². The number of hydrogen-bond acceptors (Lipinski definition) is 5. The average molecular weight is 467 g/mol. The molecule has 0 bridgehead atoms. The molecule has 1 saturated heterocycles. The van der Waals surface area contributed by atoms with Gasteiger partial charge in [-0.1, -0.05) is 24.3 Å². The van der Waals surface area contributed by atoms with Gasteiger partial charge in [-0.3, -0.25) is 0 Å². The molecule has 12 heteroatoms. The number of aliphatic hydroxyl groups is 2. The largest absolute Gasteiger partial charge is 0.486 e. The Balaban J connectivity index is 1.92. The van der Waals surface area contributed by atoms with Crippen LogP contribution in [0.25, 0.3) is 9.69 Å². The lowest BCUT2D eigenvalue weighted by atomic mass is 10.0. The fourth-order valence-electron chi connectivity index (χ4n) is 3.21. The van der Waals surface area contributed by atoms with Gasteiger partial charge < -0.3 is 14.9 Å². The number of β-amino-alcohol motifs (C(OH)–C–C–N with tert-alkyl or cyclic N) is 1. The molecule has 1 aliphatic heterocycles. The third-order valence-electron chi connectivity index (χ3n) is 4.96. The van der Waals surface area contributed by atoms with Crippen LogP contribution in [-0.4, -0.2) is 54.3 Å². The smallest absolute Gasteiger partial charge is 0.415 e. The number of nitrogens with zero attached hydrogens (tertiary/aromatic N) is 3. The van der Waals surface area contributed by atoms with Crippen LogP contribution in [0.3, 0.4) is 0 Å². The fourth-order valence-corrected chi connectivity index (χ4v) is 4.82. The van der Waals surface area contributed by atoms with E-state index in [0.717, 1.165) is 4.31 Å². The number of hydrogen-bond donors (Lipinski definition) is 2. The summed E-state index contributed by atoms with van der Waals surface area (Å²) in [5, 5.41) is 20.4. The molecule has 2 atom stereocenters. The predicted molar refractivity (Wildman–Crippen MR) is 106 cm³/mol. The van der Waals surface area contributed by atoms with E-state index in [1.165, 1.54) is 24.3 Å². The van der Waals surface area contributed by atoms with Gasteiger partial charge in [-0.2, -0.15) is 17.5 Å². The minimum Gasteiger partial charge on any atom is -0.486 e. The van der Waals surface area contributed by atoms with Gasteiger partial charge in [0.05, 0.1) is 31.2 Å². The predicted octanol–water partition coefficient (Wildman–Crippen LogP) is 2.98. The number of halogens is 3. The normalized spacial score (nSPS) is 21.7. The molecule has 1 aliphatic rings. The Kier molecular flexibility index (Phi) is 6.18. The fraction of sp³-hybridized carbons (Fsp3) is 0.300. The minimum atomic E-state index is -4.76. The van der Waals surface area contributed by atoms with Gasteiger partial charge in [0.2, 0.25) is 15.7 Å². The first-order valence-electron chi connectivity index (χ1n) is 9.01. The van der Waals surface area contributed by atoms with Crippen LogP contribution in [0.15, 0.2) is 47.4 Å². The van der Waals surface area contributed by atoms with Gasteiger partial charge in [0, 0.05) is 12.1 Å². The summed E-state index contributed by atoms with van der Waals surface area (Å²) in [5.74, 6) is 0.213. The lowest BCUT2D eigenvalue weighted by molar-refractivity contribution is -0.137. The molecule has 0 radical (unpaired) electrons. The van der Waals surface area contributed by atoms with E-state index in [1.54, 1.807) is 0 Å². The van der Waals surface area contributed by atoms with Crippen LogP contribution in [0.5, 0.6) is 5.75 Å². The molecule has 0 unspecified atom stereocenters. The lowest BCUT2D eigenvalue weighted by Crippen LogP contribution is -2.48. The molecule has 168 valence electrons. The third kappa shape index (κ3) is 4.40. The van der Waals surface area contributed by atoms with Crippen molar-refractivity contribution in [3.05, 3.63) is 70.9 Å². The van der Waals surface area contributed by atoms with Crippen LogP contribution in [0.1, 0.15) is 5.56 Å². The molecule has 1 heterocycles. The van der Waals surface area contributed by atoms with E-state index in [2.05, 4.69) is 9.69 Å². The van der Waals surface area contributed by atoms with Gasteiger partial charge in [-0.05, 0) is 18.2 Å². The third-order valence-corrected chi connectivity index (χ3v) is 6.82. The monoisotopic (exact) mass is 467 g/mol. The summed E-state index contributed by atoms with van der Waals surface area (Å²) in [6.07, 6.45) is -5.97. The molecule has 32 heavy (non-hydrogen) atoms. The van der Waals surface area contributed by atoms with E-state index in [1.807, 2.05) is 0 Å². The standard InChI is InChI=1S/C20H16F3N3O5S/c1-24-14-4-6-15(7-5-14)31-18-10-26(11-19(18,28)12-27)32(29,30)17-8-3-13(20(21,22)23)9-16(17)25-2/h3-9,18,27-28H,10-12H2/t18-,19+/m0/s1. The maximum atomic E-state index is 13.1. The molecule has 0 aromatic heterocycles. The summed E-state index contributed by atoms with van der Waals surface area (Å²) in [6.45, 7) is 12.2. The van der Waals surface area contributed by atoms with E-state index < -0.39 is 63.7 Å². The van der Waals surface area contributed by atoms with Crippen molar-refractivity contribution in [3.63, 3.8) is 0 Å². The first-order valence-corrected chi connectivity index (χ1v) is 10.4. The van der Waals surface area contributed by atoms with Crippen LogP contribution in [0.4, 0.5) is 24.5 Å². The van der Waals surface area contributed by atoms with Gasteiger partial charge in [-0.15, -0.1) is 0 Å². The second-order valence-corrected chi connectivity index (χ2v) is 8.97. The average Bonchev–Trinajstić information content (AvgIpc) is 3.10. The summed E-state index contributed by atoms with van der Waals surface area (Å²) < 4.78 is 71.3. The maximum absolute atomic E-state index is 13.1. The van der Waals surface area contributed by atoms with Gasteiger partial charge >= 0.3 is 6.18 Å². The van der Waals surface area contributed by atoms with Crippen molar-refractivity contribution >= 4 is 21.4 Å². The Morgan fingerprint density at radius 2 is 1.81 bits per heavy atom. The number of aliphatic hydroxyl groups excluding tert-OH is 1. The van der Waals surface area contributed by atoms with Crippen molar-refractivity contribution in [2.45, 2.75) is 22.8 Å². The first kappa shape index (κ1) is 23.5. The lowest BCUT2D eigenvalue weighted by Gasteiger charge is -2.27. The molecular weight excluding hydrogens is 451 g/mol. The Labute approximate surface area is 181 Å². The zero-order chi connectivity index (χ0) is 23.7. The number of rotatable bonds is 5. The van der Waals surface area contributed by atoms with Crippen LogP contribution < -0.4 is 4.74 Å². The molecule has 8 nitrogen and oxygen atoms in total. The van der Waals surface area contributed by atoms with E-state index in [9.17, 15) is 31.8 Å². The van der Waals surface area contributed by atoms with Gasteiger partial charge in [-0.25, -0.2) is 18.1 Å². The number of alkyl halides is 3. The van der Waals surface area contributed by atoms with Crippen LogP contribution in [-0.2, 0) is 16.2 Å². The molecule has 0 amide bonds. The van der Waals surface area contributed by atoms with Crippen LogP contribution >= 0.6 is 0 Å². The second kappa shape index (κ2) is 8.41. The zero-order valence-electron chi connectivity index (χ0n) is 16.2. The Hall–Kier alpha value is -3.16. The molecular formula is C20H16F3N3O5S. The molecule has 0 aliphatic carbocycles. The van der Waals surface area contributed by atoms with E-state index >= 15 is 0 Å². The summed E-state index contributed by atoms with van der Waals surface area (Å²) >= 11 is 0. The molecule has 2 aromatic carbocycles. The second-order valence-electron chi connectivity index (χ2n) is 7.06. The number of ether oxygens (including phenoxy) is 1. The highest BCUT2D eigenvalue weighted by molar-refractivity contribution is 7.89.